The molecule has 0 amide bonds. The minimum Gasteiger partial charge on any atom is -0.479 e. The number of thiazole rings is 1. The van der Waals surface area contributed by atoms with Gasteiger partial charge in [-0.3, -0.25) is 4.99 Å². The number of hydrogen-bond acceptors (Lipinski definition) is 5. The maximum atomic E-state index is 12.3. The second-order valence-electron chi connectivity index (χ2n) is 8.33. The molecule has 7 heteroatoms. The predicted octanol–water partition coefficient (Wildman–Crippen LogP) is 6.69. The highest BCUT2D eigenvalue weighted by molar-refractivity contribution is 7.21. The lowest BCUT2D eigenvalue weighted by Crippen LogP contribution is -2.28. The van der Waals surface area contributed by atoms with Crippen LogP contribution in [0.15, 0.2) is 35.3 Å². The Labute approximate surface area is 191 Å². The number of aliphatic imine (C=N–C) groups is 1. The van der Waals surface area contributed by atoms with Crippen LogP contribution in [-0.4, -0.2) is 34.4 Å². The number of aryl methyl sites for hydroxylation is 1. The van der Waals surface area contributed by atoms with Crippen molar-refractivity contribution in [3.63, 3.8) is 0 Å². The molecule has 0 spiro atoms. The molecular formula is C24H27ClN2O3S. The quantitative estimate of drug-likeness (QED) is 0.417. The van der Waals surface area contributed by atoms with E-state index >= 15 is 0 Å². The van der Waals surface area contributed by atoms with Gasteiger partial charge in [0.25, 0.3) is 0 Å². The van der Waals surface area contributed by atoms with Gasteiger partial charge in [-0.1, -0.05) is 30.7 Å². The third kappa shape index (κ3) is 4.97. The Morgan fingerprint density at radius 1 is 1.29 bits per heavy atom. The molecule has 0 aliphatic heterocycles. The number of aliphatic carboxylic acids is 1. The summed E-state index contributed by atoms with van der Waals surface area (Å²) in [5.41, 5.74) is 4.25. The first-order valence-corrected chi connectivity index (χ1v) is 11.3. The number of halogens is 1. The highest BCUT2D eigenvalue weighted by atomic mass is 35.5. The summed E-state index contributed by atoms with van der Waals surface area (Å²) in [6, 6.07) is 9.37. The molecule has 3 aromatic rings. The lowest BCUT2D eigenvalue weighted by molar-refractivity contribution is -0.160. The normalized spacial score (nSPS) is 13.6. The molecule has 0 bridgehead atoms. The molecule has 164 valence electrons. The Hall–Kier alpha value is -2.28. The fraction of sp³-hybridized carbons (Fsp3) is 0.375. The van der Waals surface area contributed by atoms with Crippen LogP contribution >= 0.6 is 22.9 Å². The highest BCUT2D eigenvalue weighted by Gasteiger charge is 2.32. The molecule has 31 heavy (non-hydrogen) atoms. The number of ether oxygens (including phenoxy) is 1. The van der Waals surface area contributed by atoms with E-state index < -0.39 is 17.7 Å². The van der Waals surface area contributed by atoms with Gasteiger partial charge in [0.1, 0.15) is 5.01 Å². The Morgan fingerprint density at radius 3 is 2.45 bits per heavy atom. The number of rotatable bonds is 6. The number of benzene rings is 2. The van der Waals surface area contributed by atoms with Crippen LogP contribution in [0.25, 0.3) is 21.3 Å². The van der Waals surface area contributed by atoms with Crippen molar-refractivity contribution in [3.8, 4) is 11.1 Å². The molecule has 0 aliphatic rings. The summed E-state index contributed by atoms with van der Waals surface area (Å²) in [7, 11) is 1.76. The molecule has 0 saturated heterocycles. The van der Waals surface area contributed by atoms with Gasteiger partial charge in [0.2, 0.25) is 0 Å². The van der Waals surface area contributed by atoms with Crippen LogP contribution in [0, 0.1) is 6.92 Å². The largest absolute Gasteiger partial charge is 0.479 e. The van der Waals surface area contributed by atoms with Gasteiger partial charge in [-0.25, -0.2) is 9.78 Å². The molecule has 1 atom stereocenters. The number of nitrogens with zero attached hydrogens (tertiary/aromatic N) is 2. The standard InChI is InChI=1S/C24H27ClN2O3S/c1-7-16(26-6)22-27-17-12-13(2)18(20(23(28)29)30-24(3,4)5)19(21(17)31-22)14-8-10-15(25)11-9-14/h8-12,20H,7H2,1-6H3,(H,28,29). The van der Waals surface area contributed by atoms with Crippen LogP contribution in [0.1, 0.15) is 56.4 Å². The number of aromatic nitrogens is 1. The number of carboxylic acids is 1. The molecule has 0 aliphatic carbocycles. The summed E-state index contributed by atoms with van der Waals surface area (Å²) in [5, 5.41) is 11.6. The smallest absolute Gasteiger partial charge is 0.337 e. The maximum Gasteiger partial charge on any atom is 0.337 e. The zero-order valence-corrected chi connectivity index (χ0v) is 20.2. The number of fused-ring (bicyclic) bond motifs is 1. The molecule has 2 aromatic carbocycles. The van der Waals surface area contributed by atoms with E-state index in [0.717, 1.165) is 44.0 Å². The van der Waals surface area contributed by atoms with E-state index in [1.807, 2.05) is 65.0 Å². The van der Waals surface area contributed by atoms with Crippen molar-refractivity contribution in [2.24, 2.45) is 4.99 Å². The molecule has 3 rings (SSSR count). The van der Waals surface area contributed by atoms with Crippen LogP contribution in [0.3, 0.4) is 0 Å². The molecule has 1 N–H and O–H groups in total. The Balaban J connectivity index is 2.39. The van der Waals surface area contributed by atoms with Gasteiger partial charge in [-0.15, -0.1) is 11.3 Å². The fourth-order valence-electron chi connectivity index (χ4n) is 3.57. The van der Waals surface area contributed by atoms with Gasteiger partial charge >= 0.3 is 5.97 Å². The van der Waals surface area contributed by atoms with Gasteiger partial charge in [0.05, 0.1) is 21.5 Å². The number of hydrogen-bond donors (Lipinski definition) is 1. The van der Waals surface area contributed by atoms with Gasteiger partial charge < -0.3 is 9.84 Å². The lowest BCUT2D eigenvalue weighted by atomic mass is 9.91. The average molecular weight is 459 g/mol. The van der Waals surface area contributed by atoms with Gasteiger partial charge in [0, 0.05) is 23.2 Å². The van der Waals surface area contributed by atoms with Crippen molar-refractivity contribution >= 4 is 44.8 Å². The molecule has 1 aromatic heterocycles. The molecule has 1 unspecified atom stereocenters. The monoisotopic (exact) mass is 458 g/mol. The third-order valence-electron chi connectivity index (χ3n) is 4.87. The Kier molecular flexibility index (Phi) is 6.84. The summed E-state index contributed by atoms with van der Waals surface area (Å²) in [5.74, 6) is -1.03. The molecular weight excluding hydrogens is 432 g/mol. The van der Waals surface area contributed by atoms with Crippen LogP contribution in [-0.2, 0) is 9.53 Å². The highest BCUT2D eigenvalue weighted by Crippen LogP contribution is 2.43. The van der Waals surface area contributed by atoms with Crippen molar-refractivity contribution in [2.75, 3.05) is 7.05 Å². The van der Waals surface area contributed by atoms with Crippen molar-refractivity contribution in [2.45, 2.75) is 52.7 Å². The molecule has 5 nitrogen and oxygen atoms in total. The summed E-state index contributed by atoms with van der Waals surface area (Å²) in [6.07, 6.45) is -0.352. The molecule has 0 saturated carbocycles. The van der Waals surface area contributed by atoms with E-state index in [4.69, 9.17) is 21.3 Å². The number of carboxylic acid groups (broad SMARTS) is 1. The van der Waals surface area contributed by atoms with Gasteiger partial charge in [-0.05, 0) is 63.4 Å². The predicted molar refractivity (Wildman–Crippen MR) is 129 cm³/mol. The summed E-state index contributed by atoms with van der Waals surface area (Å²) in [6.45, 7) is 9.52. The first-order valence-electron chi connectivity index (χ1n) is 10.1. The number of carbonyl (C=O) groups is 1. The Morgan fingerprint density at radius 2 is 1.94 bits per heavy atom. The van der Waals surface area contributed by atoms with Gasteiger partial charge in [0.15, 0.2) is 6.10 Å². The van der Waals surface area contributed by atoms with Crippen molar-refractivity contribution in [1.82, 2.24) is 4.98 Å². The minimum atomic E-state index is -1.12. The van der Waals surface area contributed by atoms with E-state index in [9.17, 15) is 9.90 Å². The summed E-state index contributed by atoms with van der Waals surface area (Å²) < 4.78 is 6.95. The van der Waals surface area contributed by atoms with E-state index in [1.54, 1.807) is 7.05 Å². The zero-order valence-electron chi connectivity index (χ0n) is 18.6. The summed E-state index contributed by atoms with van der Waals surface area (Å²) in [4.78, 5) is 21.5. The van der Waals surface area contributed by atoms with Gasteiger partial charge in [-0.2, -0.15) is 0 Å². The van der Waals surface area contributed by atoms with E-state index in [1.165, 1.54) is 11.3 Å². The zero-order chi connectivity index (χ0) is 22.9. The molecule has 0 fully saturated rings. The van der Waals surface area contributed by atoms with E-state index in [0.29, 0.717) is 10.6 Å². The van der Waals surface area contributed by atoms with Crippen LogP contribution in [0.4, 0.5) is 0 Å². The summed E-state index contributed by atoms with van der Waals surface area (Å²) >= 11 is 7.65. The van der Waals surface area contributed by atoms with E-state index in [2.05, 4.69) is 4.99 Å². The first kappa shape index (κ1) is 23.4. The Bertz CT molecular complexity index is 1140. The SMILES string of the molecule is CCC(=NC)c1nc2cc(C)c(C(OC(C)(C)C)C(=O)O)c(-c3ccc(Cl)cc3)c2s1. The van der Waals surface area contributed by atoms with Crippen LogP contribution in [0.2, 0.25) is 5.02 Å². The topological polar surface area (TPSA) is 71.8 Å². The maximum absolute atomic E-state index is 12.3. The van der Waals surface area contributed by atoms with E-state index in [-0.39, 0.29) is 0 Å². The van der Waals surface area contributed by atoms with Crippen molar-refractivity contribution in [3.05, 3.63) is 51.5 Å². The van der Waals surface area contributed by atoms with Crippen molar-refractivity contribution < 1.29 is 14.6 Å². The molecule has 0 radical (unpaired) electrons. The van der Waals surface area contributed by atoms with Crippen LogP contribution in [0.5, 0.6) is 0 Å². The molecule has 1 heterocycles. The second-order valence-corrected chi connectivity index (χ2v) is 9.76. The second kappa shape index (κ2) is 9.07. The fourth-order valence-corrected chi connectivity index (χ4v) is 4.92. The van der Waals surface area contributed by atoms with Crippen LogP contribution < -0.4 is 0 Å². The average Bonchev–Trinajstić information content (AvgIpc) is 3.09. The third-order valence-corrected chi connectivity index (χ3v) is 6.26. The van der Waals surface area contributed by atoms with Crippen molar-refractivity contribution in [1.29, 1.82) is 0 Å². The first-order chi connectivity index (χ1) is 14.6. The minimum absolute atomic E-state index is 0.617. The lowest BCUT2D eigenvalue weighted by Gasteiger charge is -2.28.